The fraction of sp³-hybridized carbons (Fsp3) is 0.435. The average Bonchev–Trinajstić information content (AvgIpc) is 3.20. The Kier molecular flexibility index (Phi) is 8.46. The Balaban J connectivity index is 1.60. The highest BCUT2D eigenvalue weighted by Gasteiger charge is 2.27. The molecule has 0 radical (unpaired) electrons. The van der Waals surface area contributed by atoms with Gasteiger partial charge in [-0.2, -0.15) is 0 Å². The van der Waals surface area contributed by atoms with Crippen LogP contribution in [-0.2, 0) is 11.3 Å². The second-order valence-corrected chi connectivity index (χ2v) is 7.33. The lowest BCUT2D eigenvalue weighted by Gasteiger charge is -2.21. The Morgan fingerprint density at radius 2 is 1.94 bits per heavy atom. The molecule has 168 valence electrons. The maximum Gasteiger partial charge on any atom is 0.191 e. The number of benzene rings is 2. The van der Waals surface area contributed by atoms with Crippen LogP contribution in [0.5, 0.6) is 5.75 Å². The van der Waals surface area contributed by atoms with Crippen molar-refractivity contribution in [1.82, 2.24) is 10.6 Å². The van der Waals surface area contributed by atoms with Gasteiger partial charge in [-0.15, -0.1) is 0 Å². The van der Waals surface area contributed by atoms with Crippen molar-refractivity contribution in [2.24, 2.45) is 4.99 Å². The van der Waals surface area contributed by atoms with Crippen LogP contribution in [0.2, 0.25) is 0 Å². The lowest BCUT2D eigenvalue weighted by molar-refractivity contribution is 0.146. The normalized spacial score (nSPS) is 16.5. The summed E-state index contributed by atoms with van der Waals surface area (Å²) in [6.07, 6.45) is 0.765. The molecule has 0 aromatic heterocycles. The monoisotopic (exact) mass is 432 g/mol. The first kappa shape index (κ1) is 22.8. The number of rotatable bonds is 9. The van der Waals surface area contributed by atoms with Crippen LogP contribution in [0.1, 0.15) is 18.9 Å². The van der Waals surface area contributed by atoms with E-state index in [9.17, 15) is 8.78 Å². The van der Waals surface area contributed by atoms with Crippen LogP contribution in [0.15, 0.2) is 47.5 Å². The molecule has 0 aliphatic carbocycles. The van der Waals surface area contributed by atoms with Crippen LogP contribution >= 0.6 is 0 Å². The summed E-state index contributed by atoms with van der Waals surface area (Å²) < 4.78 is 38.8. The predicted octanol–water partition coefficient (Wildman–Crippen LogP) is 3.32. The van der Waals surface area contributed by atoms with E-state index in [-0.39, 0.29) is 11.7 Å². The zero-order valence-electron chi connectivity index (χ0n) is 18.0. The molecular weight excluding hydrogens is 402 g/mol. The van der Waals surface area contributed by atoms with Gasteiger partial charge in [-0.1, -0.05) is 18.2 Å². The summed E-state index contributed by atoms with van der Waals surface area (Å²) in [5, 5.41) is 6.62. The lowest BCUT2D eigenvalue weighted by Crippen LogP contribution is -2.44. The zero-order chi connectivity index (χ0) is 22.1. The van der Waals surface area contributed by atoms with Crippen LogP contribution < -0.4 is 20.3 Å². The summed E-state index contributed by atoms with van der Waals surface area (Å²) in [7, 11) is 1.64. The summed E-state index contributed by atoms with van der Waals surface area (Å²) in [6, 6.07) is 11.8. The van der Waals surface area contributed by atoms with Crippen molar-refractivity contribution in [3.8, 4) is 5.75 Å². The summed E-state index contributed by atoms with van der Waals surface area (Å²) in [5.74, 6) is 0.387. The molecule has 1 saturated heterocycles. The molecular formula is C23H30F2N4O2. The van der Waals surface area contributed by atoms with Crippen molar-refractivity contribution >= 4 is 11.6 Å². The number of hydrogen-bond acceptors (Lipinski definition) is 4. The number of nitrogens with zero attached hydrogens (tertiary/aromatic N) is 2. The molecule has 0 spiro atoms. The van der Waals surface area contributed by atoms with Gasteiger partial charge in [0, 0.05) is 32.8 Å². The van der Waals surface area contributed by atoms with E-state index in [4.69, 9.17) is 9.47 Å². The molecule has 1 fully saturated rings. The van der Waals surface area contributed by atoms with Gasteiger partial charge >= 0.3 is 0 Å². The molecule has 0 saturated carbocycles. The van der Waals surface area contributed by atoms with E-state index in [1.807, 2.05) is 31.2 Å². The van der Waals surface area contributed by atoms with Crippen molar-refractivity contribution in [3.05, 3.63) is 59.7 Å². The van der Waals surface area contributed by atoms with Gasteiger partial charge in [-0.3, -0.25) is 0 Å². The highest BCUT2D eigenvalue weighted by molar-refractivity contribution is 5.80. The molecule has 1 aliphatic heterocycles. The third kappa shape index (κ3) is 6.55. The average molecular weight is 433 g/mol. The number of hydrogen-bond donors (Lipinski definition) is 2. The molecule has 2 N–H and O–H groups in total. The van der Waals surface area contributed by atoms with Crippen molar-refractivity contribution in [3.63, 3.8) is 0 Å². The largest absolute Gasteiger partial charge is 0.491 e. The minimum absolute atomic E-state index is 0.0408. The maximum atomic E-state index is 14.1. The van der Waals surface area contributed by atoms with E-state index >= 15 is 0 Å². The maximum absolute atomic E-state index is 14.1. The molecule has 2 aromatic rings. The van der Waals surface area contributed by atoms with E-state index in [1.54, 1.807) is 12.0 Å². The number of aliphatic imine (C=N–C) groups is 1. The summed E-state index contributed by atoms with van der Waals surface area (Å²) in [5.41, 5.74) is 1.06. The van der Waals surface area contributed by atoms with Crippen LogP contribution in [0.25, 0.3) is 0 Å². The van der Waals surface area contributed by atoms with Gasteiger partial charge in [0.2, 0.25) is 0 Å². The van der Waals surface area contributed by atoms with Crippen LogP contribution in [-0.4, -0.2) is 52.0 Å². The predicted molar refractivity (Wildman–Crippen MR) is 119 cm³/mol. The third-order valence-corrected chi connectivity index (χ3v) is 5.00. The van der Waals surface area contributed by atoms with Gasteiger partial charge < -0.3 is 25.0 Å². The molecule has 0 amide bonds. The van der Waals surface area contributed by atoms with Crippen molar-refractivity contribution in [1.29, 1.82) is 0 Å². The summed E-state index contributed by atoms with van der Waals surface area (Å²) >= 11 is 0. The molecule has 1 heterocycles. The van der Waals surface area contributed by atoms with Crippen LogP contribution in [0, 0.1) is 11.6 Å². The fourth-order valence-corrected chi connectivity index (χ4v) is 3.53. The number of para-hydroxylation sites is 1. The van der Waals surface area contributed by atoms with E-state index in [0.717, 1.165) is 17.7 Å². The molecule has 1 atom stereocenters. The summed E-state index contributed by atoms with van der Waals surface area (Å²) in [6.45, 7) is 5.30. The molecule has 0 bridgehead atoms. The number of halogens is 2. The summed E-state index contributed by atoms with van der Waals surface area (Å²) in [4.78, 5) is 6.41. The Hall–Kier alpha value is -2.87. The molecule has 8 heteroatoms. The minimum atomic E-state index is -0.533. The van der Waals surface area contributed by atoms with Gasteiger partial charge in [-0.05, 0) is 43.2 Å². The van der Waals surface area contributed by atoms with Crippen molar-refractivity contribution < 1.29 is 18.3 Å². The van der Waals surface area contributed by atoms with E-state index < -0.39 is 11.6 Å². The molecule has 6 nitrogen and oxygen atoms in total. The minimum Gasteiger partial charge on any atom is -0.491 e. The van der Waals surface area contributed by atoms with E-state index in [0.29, 0.717) is 45.4 Å². The second-order valence-electron chi connectivity index (χ2n) is 7.33. The Bertz CT molecular complexity index is 858. The Morgan fingerprint density at radius 1 is 1.16 bits per heavy atom. The quantitative estimate of drug-likeness (QED) is 0.362. The molecule has 1 aliphatic rings. The van der Waals surface area contributed by atoms with Gasteiger partial charge in [0.15, 0.2) is 5.96 Å². The number of guanidine groups is 1. The standard InChI is InChI=1S/C23H30F2N4O2/c1-3-26-23(27-15-17-6-4-7-19(14-17)31-13-12-30-2)28-18-10-11-29(16-18)22-20(24)8-5-9-21(22)25/h4-9,14,18H,3,10-13,15-16H2,1-2H3,(H2,26,27,28). The van der Waals surface area contributed by atoms with E-state index in [2.05, 4.69) is 15.6 Å². The Morgan fingerprint density at radius 3 is 2.68 bits per heavy atom. The van der Waals surface area contributed by atoms with Crippen LogP contribution in [0.4, 0.5) is 14.5 Å². The zero-order valence-corrected chi connectivity index (χ0v) is 18.0. The second kappa shape index (κ2) is 11.5. The van der Waals surface area contributed by atoms with Crippen LogP contribution in [0.3, 0.4) is 0 Å². The Labute approximate surface area is 182 Å². The molecule has 3 rings (SSSR count). The third-order valence-electron chi connectivity index (χ3n) is 5.00. The molecule has 1 unspecified atom stereocenters. The number of anilines is 1. The highest BCUT2D eigenvalue weighted by atomic mass is 19.1. The number of ether oxygens (including phenoxy) is 2. The van der Waals surface area contributed by atoms with Gasteiger partial charge in [-0.25, -0.2) is 13.8 Å². The first-order valence-electron chi connectivity index (χ1n) is 10.5. The lowest BCUT2D eigenvalue weighted by atomic mass is 10.2. The molecule has 31 heavy (non-hydrogen) atoms. The van der Waals surface area contributed by atoms with Gasteiger partial charge in [0.05, 0.1) is 13.2 Å². The smallest absolute Gasteiger partial charge is 0.191 e. The van der Waals surface area contributed by atoms with Gasteiger partial charge in [0.1, 0.15) is 29.7 Å². The van der Waals surface area contributed by atoms with Crippen molar-refractivity contribution in [2.75, 3.05) is 44.9 Å². The van der Waals surface area contributed by atoms with E-state index in [1.165, 1.54) is 18.2 Å². The molecule has 2 aromatic carbocycles. The van der Waals surface area contributed by atoms with Crippen molar-refractivity contribution in [2.45, 2.75) is 25.9 Å². The highest BCUT2D eigenvalue weighted by Crippen LogP contribution is 2.26. The number of methoxy groups -OCH3 is 1. The first-order chi connectivity index (χ1) is 15.1. The number of nitrogens with one attached hydrogen (secondary N) is 2. The SMILES string of the molecule is CCNC(=NCc1cccc(OCCOC)c1)NC1CCN(c2c(F)cccc2F)C1. The fourth-order valence-electron chi connectivity index (χ4n) is 3.53. The van der Waals surface area contributed by atoms with Gasteiger partial charge in [0.25, 0.3) is 0 Å². The first-order valence-corrected chi connectivity index (χ1v) is 10.5. The topological polar surface area (TPSA) is 58.1 Å².